The highest BCUT2D eigenvalue weighted by Gasteiger charge is 2.20. The predicted octanol–water partition coefficient (Wildman–Crippen LogP) is 2.44. The molecule has 29 heavy (non-hydrogen) atoms. The Morgan fingerprint density at radius 3 is 2.17 bits per heavy atom. The molecule has 1 unspecified atom stereocenters. The van der Waals surface area contributed by atoms with Crippen LogP contribution in [-0.2, 0) is 9.59 Å². The van der Waals surface area contributed by atoms with Gasteiger partial charge in [-0.3, -0.25) is 19.7 Å². The van der Waals surface area contributed by atoms with Crippen LogP contribution >= 0.6 is 0 Å². The monoisotopic (exact) mass is 403 g/mol. The van der Waals surface area contributed by atoms with Crippen LogP contribution < -0.4 is 24.8 Å². The Morgan fingerprint density at radius 2 is 1.59 bits per heavy atom. The van der Waals surface area contributed by atoms with Crippen molar-refractivity contribution in [2.45, 2.75) is 13.0 Å². The zero-order valence-electron chi connectivity index (χ0n) is 16.3. The number of carbonyl (C=O) groups is 2. The molecule has 0 aromatic heterocycles. The second-order valence-electron chi connectivity index (χ2n) is 5.91. The van der Waals surface area contributed by atoms with Crippen LogP contribution in [0.15, 0.2) is 36.4 Å². The minimum Gasteiger partial charge on any atom is -0.494 e. The molecule has 0 bridgehead atoms. The highest BCUT2D eigenvalue weighted by molar-refractivity contribution is 6.39. The van der Waals surface area contributed by atoms with Gasteiger partial charge in [0.1, 0.15) is 5.75 Å². The summed E-state index contributed by atoms with van der Waals surface area (Å²) < 4.78 is 15.4. The molecule has 2 N–H and O–H groups in total. The molecule has 2 aromatic rings. The fraction of sp³-hybridized carbons (Fsp3) is 0.263. The van der Waals surface area contributed by atoms with Crippen LogP contribution in [-0.4, -0.2) is 38.1 Å². The summed E-state index contributed by atoms with van der Waals surface area (Å²) in [6.07, 6.45) is 0. The lowest BCUT2D eigenvalue weighted by Crippen LogP contribution is -2.37. The number of ether oxygens (including phenoxy) is 3. The molecule has 2 aromatic carbocycles. The quantitative estimate of drug-likeness (QED) is 0.413. The van der Waals surface area contributed by atoms with Gasteiger partial charge in [0.15, 0.2) is 11.5 Å². The lowest BCUT2D eigenvalue weighted by Gasteiger charge is -2.16. The zero-order valence-corrected chi connectivity index (χ0v) is 16.3. The van der Waals surface area contributed by atoms with E-state index >= 15 is 0 Å². The summed E-state index contributed by atoms with van der Waals surface area (Å²) in [6.45, 7) is 1.71. The van der Waals surface area contributed by atoms with Crippen LogP contribution in [0, 0.1) is 10.1 Å². The summed E-state index contributed by atoms with van der Waals surface area (Å²) in [5.41, 5.74) is 0.639. The molecule has 0 aliphatic rings. The normalized spacial score (nSPS) is 11.2. The molecule has 0 aliphatic carbocycles. The van der Waals surface area contributed by atoms with Gasteiger partial charge in [-0.25, -0.2) is 0 Å². The molecule has 0 fully saturated rings. The van der Waals surface area contributed by atoms with Crippen molar-refractivity contribution < 1.29 is 28.7 Å². The van der Waals surface area contributed by atoms with Gasteiger partial charge >= 0.3 is 11.8 Å². The summed E-state index contributed by atoms with van der Waals surface area (Å²) in [5.74, 6) is -0.727. The lowest BCUT2D eigenvalue weighted by molar-refractivity contribution is -0.384. The number of rotatable bonds is 7. The van der Waals surface area contributed by atoms with E-state index in [1.165, 1.54) is 33.5 Å². The maximum absolute atomic E-state index is 12.3. The fourth-order valence-electron chi connectivity index (χ4n) is 2.54. The van der Waals surface area contributed by atoms with E-state index in [1.807, 2.05) is 0 Å². The summed E-state index contributed by atoms with van der Waals surface area (Å²) in [4.78, 5) is 34.7. The summed E-state index contributed by atoms with van der Waals surface area (Å²) in [5, 5.41) is 15.8. The molecule has 0 radical (unpaired) electrons. The SMILES string of the molecule is COc1cc([N+](=O)[O-])ccc1NC(=O)C(=O)NC(C)c1ccc(OC)c(OC)c1. The van der Waals surface area contributed by atoms with Crippen molar-refractivity contribution in [3.8, 4) is 17.2 Å². The van der Waals surface area contributed by atoms with E-state index in [9.17, 15) is 19.7 Å². The van der Waals surface area contributed by atoms with Crippen LogP contribution in [0.5, 0.6) is 17.2 Å². The van der Waals surface area contributed by atoms with Crippen molar-refractivity contribution in [1.29, 1.82) is 0 Å². The van der Waals surface area contributed by atoms with Crippen LogP contribution in [0.4, 0.5) is 11.4 Å². The third-order valence-electron chi connectivity index (χ3n) is 4.11. The van der Waals surface area contributed by atoms with Crippen LogP contribution in [0.25, 0.3) is 0 Å². The molecule has 1 atom stereocenters. The molecule has 10 heteroatoms. The van der Waals surface area contributed by atoms with E-state index in [2.05, 4.69) is 10.6 Å². The second-order valence-corrected chi connectivity index (χ2v) is 5.91. The minimum absolute atomic E-state index is 0.0632. The number of anilines is 1. The second kappa shape index (κ2) is 9.40. The van der Waals surface area contributed by atoms with Crippen molar-refractivity contribution in [2.75, 3.05) is 26.6 Å². The molecule has 2 rings (SSSR count). The summed E-state index contributed by atoms with van der Waals surface area (Å²) in [6, 6.07) is 8.28. The largest absolute Gasteiger partial charge is 0.494 e. The van der Waals surface area contributed by atoms with Crippen molar-refractivity contribution >= 4 is 23.2 Å². The molecule has 10 nitrogen and oxygen atoms in total. The van der Waals surface area contributed by atoms with Gasteiger partial charge in [0.25, 0.3) is 5.69 Å². The van der Waals surface area contributed by atoms with Crippen LogP contribution in [0.2, 0.25) is 0 Å². The average Bonchev–Trinajstić information content (AvgIpc) is 2.72. The number of nitrogens with one attached hydrogen (secondary N) is 2. The Morgan fingerprint density at radius 1 is 0.931 bits per heavy atom. The van der Waals surface area contributed by atoms with Crippen molar-refractivity contribution in [3.05, 3.63) is 52.1 Å². The highest BCUT2D eigenvalue weighted by Crippen LogP contribution is 2.30. The molecule has 0 saturated heterocycles. The van der Waals surface area contributed by atoms with Crippen molar-refractivity contribution in [3.63, 3.8) is 0 Å². The molecule has 0 saturated carbocycles. The first-order chi connectivity index (χ1) is 13.8. The van der Waals surface area contributed by atoms with Gasteiger partial charge in [0.05, 0.1) is 44.0 Å². The van der Waals surface area contributed by atoms with Crippen molar-refractivity contribution in [1.82, 2.24) is 5.32 Å². The van der Waals surface area contributed by atoms with Crippen LogP contribution in [0.3, 0.4) is 0 Å². The van der Waals surface area contributed by atoms with Gasteiger partial charge < -0.3 is 24.8 Å². The first kappa shape index (κ1) is 21.5. The first-order valence-electron chi connectivity index (χ1n) is 8.46. The third-order valence-corrected chi connectivity index (χ3v) is 4.11. The number of non-ortho nitro benzene ring substituents is 1. The first-order valence-corrected chi connectivity index (χ1v) is 8.46. The van der Waals surface area contributed by atoms with E-state index in [0.717, 1.165) is 6.07 Å². The molecule has 0 spiro atoms. The van der Waals surface area contributed by atoms with Gasteiger partial charge in [-0.15, -0.1) is 0 Å². The zero-order chi connectivity index (χ0) is 21.6. The predicted molar refractivity (Wildman–Crippen MR) is 104 cm³/mol. The Balaban J connectivity index is 2.09. The minimum atomic E-state index is -0.940. The molecular formula is C19H21N3O7. The van der Waals surface area contributed by atoms with Crippen LogP contribution in [0.1, 0.15) is 18.5 Å². The number of methoxy groups -OCH3 is 3. The van der Waals surface area contributed by atoms with Gasteiger partial charge in [-0.2, -0.15) is 0 Å². The topological polar surface area (TPSA) is 129 Å². The summed E-state index contributed by atoms with van der Waals surface area (Å²) >= 11 is 0. The molecule has 0 aliphatic heterocycles. The Bertz CT molecular complexity index is 930. The van der Waals surface area contributed by atoms with E-state index in [0.29, 0.717) is 17.1 Å². The lowest BCUT2D eigenvalue weighted by atomic mass is 10.1. The highest BCUT2D eigenvalue weighted by atomic mass is 16.6. The molecule has 154 valence electrons. The standard InChI is InChI=1S/C19H21N3O7/c1-11(12-5-8-15(27-2)17(9-12)29-4)20-18(23)19(24)21-14-7-6-13(22(25)26)10-16(14)28-3/h5-11H,1-4H3,(H,20,23)(H,21,24). The number of hydrogen-bond donors (Lipinski definition) is 2. The van der Waals surface area contributed by atoms with E-state index < -0.39 is 22.8 Å². The fourth-order valence-corrected chi connectivity index (χ4v) is 2.54. The molecular weight excluding hydrogens is 382 g/mol. The van der Waals surface area contributed by atoms with Crippen molar-refractivity contribution in [2.24, 2.45) is 0 Å². The number of hydrogen-bond acceptors (Lipinski definition) is 7. The Hall–Kier alpha value is -3.82. The average molecular weight is 403 g/mol. The smallest absolute Gasteiger partial charge is 0.313 e. The summed E-state index contributed by atoms with van der Waals surface area (Å²) in [7, 11) is 4.31. The van der Waals surface area contributed by atoms with E-state index in [4.69, 9.17) is 14.2 Å². The van der Waals surface area contributed by atoms with Gasteiger partial charge in [0, 0.05) is 6.07 Å². The Labute approximate surface area is 166 Å². The van der Waals surface area contributed by atoms with Gasteiger partial charge in [-0.1, -0.05) is 6.07 Å². The van der Waals surface area contributed by atoms with E-state index in [1.54, 1.807) is 25.1 Å². The number of nitrogens with zero attached hydrogens (tertiary/aromatic N) is 1. The number of nitro benzene ring substituents is 1. The number of benzene rings is 2. The maximum atomic E-state index is 12.3. The molecule has 0 heterocycles. The van der Waals surface area contributed by atoms with Gasteiger partial charge in [0.2, 0.25) is 0 Å². The molecule has 2 amide bonds. The number of amides is 2. The number of nitro groups is 1. The number of carbonyl (C=O) groups excluding carboxylic acids is 2. The third kappa shape index (κ3) is 5.12. The maximum Gasteiger partial charge on any atom is 0.313 e. The van der Waals surface area contributed by atoms with E-state index in [-0.39, 0.29) is 17.1 Å². The Kier molecular flexibility index (Phi) is 6.96. The van der Waals surface area contributed by atoms with Gasteiger partial charge in [-0.05, 0) is 30.7 Å².